The summed E-state index contributed by atoms with van der Waals surface area (Å²) >= 11 is 12.4. The minimum Gasteiger partial charge on any atom is -0.484 e. The molecule has 34 heavy (non-hydrogen) atoms. The molecule has 184 valence electrons. The molecule has 1 aliphatic rings. The van der Waals surface area contributed by atoms with Crippen molar-refractivity contribution >= 4 is 35.0 Å². The Morgan fingerprint density at radius 1 is 1.03 bits per heavy atom. The molecular weight excluding hydrogens is 471 g/mol. The van der Waals surface area contributed by atoms with E-state index in [4.69, 9.17) is 27.9 Å². The fraction of sp³-hybridized carbons (Fsp3) is 0.481. The normalized spacial score (nSPS) is 15.1. The van der Waals surface area contributed by atoms with E-state index < -0.39 is 6.04 Å². The smallest absolute Gasteiger partial charge is 0.261 e. The predicted octanol–water partition coefficient (Wildman–Crippen LogP) is 6.36. The average molecular weight is 505 g/mol. The first-order chi connectivity index (χ1) is 16.2. The van der Waals surface area contributed by atoms with Crippen LogP contribution in [0.2, 0.25) is 10.0 Å². The summed E-state index contributed by atoms with van der Waals surface area (Å²) in [5.41, 5.74) is 1.92. The number of amides is 2. The summed E-state index contributed by atoms with van der Waals surface area (Å²) in [7, 11) is 0. The van der Waals surface area contributed by atoms with Crippen LogP contribution in [-0.2, 0) is 16.1 Å². The highest BCUT2D eigenvalue weighted by molar-refractivity contribution is 6.35. The monoisotopic (exact) mass is 504 g/mol. The Labute approximate surface area is 212 Å². The Kier molecular flexibility index (Phi) is 9.66. The third kappa shape index (κ3) is 7.38. The van der Waals surface area contributed by atoms with Gasteiger partial charge in [0.05, 0.1) is 0 Å². The molecular formula is C27H34Cl2N2O3. The molecule has 0 aromatic heterocycles. The van der Waals surface area contributed by atoms with E-state index in [0.717, 1.165) is 31.2 Å². The summed E-state index contributed by atoms with van der Waals surface area (Å²) in [5.74, 6) is 0.581. The van der Waals surface area contributed by atoms with Crippen molar-refractivity contribution in [2.45, 2.75) is 77.4 Å². The second-order valence-electron chi connectivity index (χ2n) is 9.29. The van der Waals surface area contributed by atoms with Gasteiger partial charge in [-0.15, -0.1) is 0 Å². The Morgan fingerprint density at radius 3 is 2.32 bits per heavy atom. The van der Waals surface area contributed by atoms with Crippen LogP contribution in [-0.4, -0.2) is 35.4 Å². The number of ether oxygens (including phenoxy) is 1. The number of hydrogen-bond donors (Lipinski definition) is 1. The van der Waals surface area contributed by atoms with E-state index in [2.05, 4.69) is 19.2 Å². The van der Waals surface area contributed by atoms with Crippen LogP contribution in [0.1, 0.15) is 69.9 Å². The molecule has 0 unspecified atom stereocenters. The molecule has 0 spiro atoms. The fourth-order valence-electron chi connectivity index (χ4n) is 4.16. The minimum atomic E-state index is -0.673. The lowest BCUT2D eigenvalue weighted by molar-refractivity contribution is -0.142. The Balaban J connectivity index is 1.72. The zero-order valence-electron chi connectivity index (χ0n) is 20.2. The fourth-order valence-corrected chi connectivity index (χ4v) is 4.63. The molecule has 3 rings (SSSR count). The molecule has 2 aromatic rings. The van der Waals surface area contributed by atoms with Gasteiger partial charge in [0.1, 0.15) is 11.8 Å². The van der Waals surface area contributed by atoms with Crippen molar-refractivity contribution < 1.29 is 14.3 Å². The highest BCUT2D eigenvalue weighted by Crippen LogP contribution is 2.24. The van der Waals surface area contributed by atoms with Crippen LogP contribution in [0, 0.1) is 0 Å². The van der Waals surface area contributed by atoms with Crippen LogP contribution >= 0.6 is 23.2 Å². The second kappa shape index (κ2) is 12.5. The first-order valence-corrected chi connectivity index (χ1v) is 12.8. The summed E-state index contributed by atoms with van der Waals surface area (Å²) in [6.45, 7) is 6.01. The molecule has 2 aromatic carbocycles. The average Bonchev–Trinajstić information content (AvgIpc) is 2.82. The molecule has 7 heteroatoms. The quantitative estimate of drug-likeness (QED) is 0.431. The lowest BCUT2D eigenvalue weighted by atomic mass is 9.95. The summed E-state index contributed by atoms with van der Waals surface area (Å²) in [6.07, 6.45) is 5.39. The molecule has 1 fully saturated rings. The summed E-state index contributed by atoms with van der Waals surface area (Å²) in [5, 5.41) is 4.10. The van der Waals surface area contributed by atoms with Crippen LogP contribution in [0.5, 0.6) is 5.75 Å². The third-order valence-electron chi connectivity index (χ3n) is 6.38. The van der Waals surface area contributed by atoms with Gasteiger partial charge in [-0.3, -0.25) is 9.59 Å². The predicted molar refractivity (Wildman–Crippen MR) is 138 cm³/mol. The number of carbonyl (C=O) groups is 2. The molecule has 2 amide bonds. The van der Waals surface area contributed by atoms with Crippen LogP contribution in [0.25, 0.3) is 0 Å². The first-order valence-electron chi connectivity index (χ1n) is 12.0. The standard InChI is InChI=1S/C27H34Cl2N2O3/c1-18(2)20-10-13-24(14-11-20)34-17-26(32)31(16-21-9-12-22(28)15-25(21)29)19(3)27(33)30-23-7-5-4-6-8-23/h9-15,18-19,23H,4-8,16-17H2,1-3H3,(H,30,33)/t19-/m0/s1. The maximum absolute atomic E-state index is 13.3. The number of nitrogens with one attached hydrogen (secondary N) is 1. The molecule has 0 radical (unpaired) electrons. The van der Waals surface area contributed by atoms with Gasteiger partial charge < -0.3 is 15.0 Å². The van der Waals surface area contributed by atoms with Gasteiger partial charge in [-0.1, -0.05) is 74.5 Å². The maximum atomic E-state index is 13.3. The molecule has 0 saturated heterocycles. The Hall–Kier alpha value is -2.24. The molecule has 0 bridgehead atoms. The number of hydrogen-bond acceptors (Lipinski definition) is 3. The molecule has 1 saturated carbocycles. The van der Waals surface area contributed by atoms with Crippen LogP contribution in [0.4, 0.5) is 0 Å². The number of halogens is 2. The van der Waals surface area contributed by atoms with Gasteiger partial charge in [-0.2, -0.15) is 0 Å². The van der Waals surface area contributed by atoms with E-state index >= 15 is 0 Å². The highest BCUT2D eigenvalue weighted by Gasteiger charge is 2.29. The summed E-state index contributed by atoms with van der Waals surface area (Å²) in [4.78, 5) is 27.8. The van der Waals surface area contributed by atoms with E-state index in [-0.39, 0.29) is 31.0 Å². The van der Waals surface area contributed by atoms with Crippen LogP contribution < -0.4 is 10.1 Å². The van der Waals surface area contributed by atoms with E-state index in [9.17, 15) is 9.59 Å². The van der Waals surface area contributed by atoms with Gasteiger partial charge >= 0.3 is 0 Å². The third-order valence-corrected chi connectivity index (χ3v) is 6.97. The number of benzene rings is 2. The molecule has 0 heterocycles. The Bertz CT molecular complexity index is 972. The van der Waals surface area contributed by atoms with Crippen molar-refractivity contribution in [2.75, 3.05) is 6.61 Å². The second-order valence-corrected chi connectivity index (χ2v) is 10.1. The zero-order chi connectivity index (χ0) is 24.7. The topological polar surface area (TPSA) is 58.6 Å². The number of carbonyl (C=O) groups excluding carboxylic acids is 2. The summed E-state index contributed by atoms with van der Waals surface area (Å²) < 4.78 is 5.77. The number of rotatable bonds is 9. The lowest BCUT2D eigenvalue weighted by Gasteiger charge is -2.31. The molecule has 0 aliphatic heterocycles. The van der Waals surface area contributed by atoms with Crippen LogP contribution in [0.15, 0.2) is 42.5 Å². The highest BCUT2D eigenvalue weighted by atomic mass is 35.5. The van der Waals surface area contributed by atoms with Crippen molar-refractivity contribution in [3.63, 3.8) is 0 Å². The first kappa shape index (κ1) is 26.4. The largest absolute Gasteiger partial charge is 0.484 e. The van der Waals surface area contributed by atoms with Crippen molar-refractivity contribution in [3.8, 4) is 5.75 Å². The van der Waals surface area contributed by atoms with Crippen molar-refractivity contribution in [1.29, 1.82) is 0 Å². The number of nitrogens with zero attached hydrogens (tertiary/aromatic N) is 1. The van der Waals surface area contributed by atoms with E-state index in [1.54, 1.807) is 25.1 Å². The molecule has 1 aliphatic carbocycles. The van der Waals surface area contributed by atoms with Crippen molar-refractivity contribution in [3.05, 3.63) is 63.6 Å². The Morgan fingerprint density at radius 2 is 1.71 bits per heavy atom. The molecule has 1 atom stereocenters. The van der Waals surface area contributed by atoms with E-state index in [1.807, 2.05) is 24.3 Å². The van der Waals surface area contributed by atoms with Gasteiger partial charge in [-0.05, 0) is 61.1 Å². The van der Waals surface area contributed by atoms with Gasteiger partial charge in [0.2, 0.25) is 5.91 Å². The van der Waals surface area contributed by atoms with E-state index in [0.29, 0.717) is 21.7 Å². The lowest BCUT2D eigenvalue weighted by Crippen LogP contribution is -2.51. The molecule has 1 N–H and O–H groups in total. The molecule has 5 nitrogen and oxygen atoms in total. The van der Waals surface area contributed by atoms with Crippen LogP contribution in [0.3, 0.4) is 0 Å². The zero-order valence-corrected chi connectivity index (χ0v) is 21.7. The summed E-state index contributed by atoms with van der Waals surface area (Å²) in [6, 6.07) is 12.4. The van der Waals surface area contributed by atoms with Gasteiger partial charge in [0.25, 0.3) is 5.91 Å². The van der Waals surface area contributed by atoms with Crippen molar-refractivity contribution in [1.82, 2.24) is 10.2 Å². The van der Waals surface area contributed by atoms with Gasteiger partial charge in [-0.25, -0.2) is 0 Å². The van der Waals surface area contributed by atoms with Gasteiger partial charge in [0.15, 0.2) is 6.61 Å². The maximum Gasteiger partial charge on any atom is 0.261 e. The minimum absolute atomic E-state index is 0.161. The SMILES string of the molecule is CC(C)c1ccc(OCC(=O)N(Cc2ccc(Cl)cc2Cl)[C@@H](C)C(=O)NC2CCCCC2)cc1. The van der Waals surface area contributed by atoms with E-state index in [1.165, 1.54) is 16.9 Å². The van der Waals surface area contributed by atoms with Gasteiger partial charge in [0, 0.05) is 22.6 Å². The van der Waals surface area contributed by atoms with Crippen molar-refractivity contribution in [2.24, 2.45) is 0 Å².